The Balaban J connectivity index is 1.49. The van der Waals surface area contributed by atoms with Crippen molar-refractivity contribution in [2.75, 3.05) is 18.0 Å². The number of rotatable bonds is 5. The smallest absolute Gasteiger partial charge is 0.241 e. The summed E-state index contributed by atoms with van der Waals surface area (Å²) < 4.78 is 1.60. The van der Waals surface area contributed by atoms with Gasteiger partial charge in [-0.2, -0.15) is 5.10 Å². The summed E-state index contributed by atoms with van der Waals surface area (Å²) in [5.74, 6) is 0.974. The molecule has 1 amide bonds. The third-order valence-corrected chi connectivity index (χ3v) is 3.59. The van der Waals surface area contributed by atoms with Crippen molar-refractivity contribution in [1.29, 1.82) is 0 Å². The van der Waals surface area contributed by atoms with E-state index in [1.54, 1.807) is 23.1 Å². The summed E-state index contributed by atoms with van der Waals surface area (Å²) in [7, 11) is 0. The molecular weight excluding hydrogens is 266 g/mol. The third kappa shape index (κ3) is 3.59. The van der Waals surface area contributed by atoms with Crippen LogP contribution < -0.4 is 10.2 Å². The molecule has 0 unspecified atom stereocenters. The van der Waals surface area contributed by atoms with E-state index in [9.17, 15) is 4.79 Å². The number of nitrogens with one attached hydrogen (secondary N) is 1. The molecular formula is C15H19N5O. The number of anilines is 1. The number of nitrogens with zero attached hydrogens (tertiary/aromatic N) is 4. The van der Waals surface area contributed by atoms with Gasteiger partial charge >= 0.3 is 0 Å². The van der Waals surface area contributed by atoms with E-state index in [-0.39, 0.29) is 12.5 Å². The van der Waals surface area contributed by atoms with Crippen molar-refractivity contribution >= 4 is 11.7 Å². The van der Waals surface area contributed by atoms with Gasteiger partial charge in [0.05, 0.1) is 0 Å². The Hall–Kier alpha value is -2.37. The molecule has 3 rings (SSSR count). The van der Waals surface area contributed by atoms with Crippen molar-refractivity contribution in [1.82, 2.24) is 20.1 Å². The molecule has 0 bridgehead atoms. The SMILES string of the molecule is O=C(Cn1cccn1)NCc1ccc(N2CCCC2)nc1. The van der Waals surface area contributed by atoms with Gasteiger partial charge in [0.15, 0.2) is 0 Å². The average Bonchev–Trinajstić information content (AvgIpc) is 3.19. The minimum absolute atomic E-state index is 0.0534. The Labute approximate surface area is 123 Å². The first-order chi connectivity index (χ1) is 10.3. The normalized spacial score (nSPS) is 14.4. The Morgan fingerprint density at radius 2 is 2.14 bits per heavy atom. The second kappa shape index (κ2) is 6.39. The van der Waals surface area contributed by atoms with Gasteiger partial charge in [0.25, 0.3) is 0 Å². The van der Waals surface area contributed by atoms with Crippen molar-refractivity contribution in [3.05, 3.63) is 42.4 Å². The Morgan fingerprint density at radius 3 is 2.81 bits per heavy atom. The van der Waals surface area contributed by atoms with Crippen LogP contribution in [0.25, 0.3) is 0 Å². The number of carbonyl (C=O) groups excluding carboxylic acids is 1. The maximum atomic E-state index is 11.8. The standard InChI is InChI=1S/C15H19N5O/c21-15(12-20-9-3-6-18-20)17-11-13-4-5-14(16-10-13)19-7-1-2-8-19/h3-6,9-10H,1-2,7-8,11-12H2,(H,17,21). The molecule has 0 aliphatic carbocycles. The maximum absolute atomic E-state index is 11.8. The molecule has 1 N–H and O–H groups in total. The zero-order valence-corrected chi connectivity index (χ0v) is 11.9. The highest BCUT2D eigenvalue weighted by Gasteiger charge is 2.13. The topological polar surface area (TPSA) is 63.1 Å². The number of hydrogen-bond acceptors (Lipinski definition) is 4. The van der Waals surface area contributed by atoms with Gasteiger partial charge in [-0.15, -0.1) is 0 Å². The second-order valence-corrected chi connectivity index (χ2v) is 5.20. The van der Waals surface area contributed by atoms with Gasteiger partial charge in [0.1, 0.15) is 12.4 Å². The van der Waals surface area contributed by atoms with Crippen molar-refractivity contribution in [3.8, 4) is 0 Å². The van der Waals surface area contributed by atoms with Crippen molar-refractivity contribution in [3.63, 3.8) is 0 Å². The molecule has 0 spiro atoms. The quantitative estimate of drug-likeness (QED) is 0.896. The molecule has 110 valence electrons. The summed E-state index contributed by atoms with van der Waals surface area (Å²) in [6, 6.07) is 5.85. The lowest BCUT2D eigenvalue weighted by Crippen LogP contribution is -2.27. The molecule has 6 heteroatoms. The lowest BCUT2D eigenvalue weighted by atomic mass is 10.2. The Morgan fingerprint density at radius 1 is 1.29 bits per heavy atom. The Bertz CT molecular complexity index is 573. The van der Waals surface area contributed by atoms with Gasteiger partial charge in [0.2, 0.25) is 5.91 Å². The average molecular weight is 285 g/mol. The first-order valence-electron chi connectivity index (χ1n) is 7.25. The summed E-state index contributed by atoms with van der Waals surface area (Å²) in [6.07, 6.45) is 7.75. The van der Waals surface area contributed by atoms with Crippen LogP contribution in [-0.2, 0) is 17.9 Å². The molecule has 0 atom stereocenters. The summed E-state index contributed by atoms with van der Waals surface area (Å²) in [5, 5.41) is 6.88. The van der Waals surface area contributed by atoms with E-state index in [1.807, 2.05) is 18.3 Å². The lowest BCUT2D eigenvalue weighted by molar-refractivity contribution is -0.122. The minimum Gasteiger partial charge on any atom is -0.357 e. The van der Waals surface area contributed by atoms with Crippen LogP contribution >= 0.6 is 0 Å². The van der Waals surface area contributed by atoms with Gasteiger partial charge in [-0.05, 0) is 30.5 Å². The molecule has 21 heavy (non-hydrogen) atoms. The van der Waals surface area contributed by atoms with Gasteiger partial charge in [0, 0.05) is 38.2 Å². The highest BCUT2D eigenvalue weighted by Crippen LogP contribution is 2.17. The summed E-state index contributed by atoms with van der Waals surface area (Å²) in [6.45, 7) is 2.92. The van der Waals surface area contributed by atoms with Gasteiger partial charge in [-0.1, -0.05) is 6.07 Å². The number of aromatic nitrogens is 3. The molecule has 1 saturated heterocycles. The number of carbonyl (C=O) groups is 1. The molecule has 3 heterocycles. The summed E-state index contributed by atoms with van der Waals surface area (Å²) in [5.41, 5.74) is 1.01. The van der Waals surface area contributed by atoms with E-state index in [4.69, 9.17) is 0 Å². The lowest BCUT2D eigenvalue weighted by Gasteiger charge is -2.16. The predicted molar refractivity (Wildman–Crippen MR) is 79.8 cm³/mol. The van der Waals surface area contributed by atoms with E-state index >= 15 is 0 Å². The van der Waals surface area contributed by atoms with Crippen LogP contribution in [0, 0.1) is 0 Å². The van der Waals surface area contributed by atoms with Crippen LogP contribution in [-0.4, -0.2) is 33.8 Å². The third-order valence-electron chi connectivity index (χ3n) is 3.59. The van der Waals surface area contributed by atoms with E-state index in [0.717, 1.165) is 24.5 Å². The van der Waals surface area contributed by atoms with Gasteiger partial charge < -0.3 is 10.2 Å². The number of pyridine rings is 1. The van der Waals surface area contributed by atoms with E-state index in [0.29, 0.717) is 6.54 Å². The fraction of sp³-hybridized carbons (Fsp3) is 0.400. The van der Waals surface area contributed by atoms with Crippen molar-refractivity contribution < 1.29 is 4.79 Å². The zero-order chi connectivity index (χ0) is 14.5. The van der Waals surface area contributed by atoms with Crippen LogP contribution in [0.4, 0.5) is 5.82 Å². The molecule has 1 aliphatic heterocycles. The van der Waals surface area contributed by atoms with E-state index in [1.165, 1.54) is 12.8 Å². The van der Waals surface area contributed by atoms with Crippen LogP contribution in [0.15, 0.2) is 36.8 Å². The van der Waals surface area contributed by atoms with Crippen LogP contribution in [0.1, 0.15) is 18.4 Å². The molecule has 6 nitrogen and oxygen atoms in total. The predicted octanol–water partition coefficient (Wildman–Crippen LogP) is 1.19. The Kier molecular flexibility index (Phi) is 4.14. The summed E-state index contributed by atoms with van der Waals surface area (Å²) in [4.78, 5) is 18.5. The molecule has 1 fully saturated rings. The van der Waals surface area contributed by atoms with Crippen LogP contribution in [0.5, 0.6) is 0 Å². The molecule has 1 aliphatic rings. The molecule has 2 aromatic rings. The van der Waals surface area contributed by atoms with Crippen LogP contribution in [0.2, 0.25) is 0 Å². The molecule has 0 saturated carbocycles. The fourth-order valence-corrected chi connectivity index (χ4v) is 2.45. The van der Waals surface area contributed by atoms with Gasteiger partial charge in [-0.25, -0.2) is 4.98 Å². The monoisotopic (exact) mass is 285 g/mol. The highest BCUT2D eigenvalue weighted by atomic mass is 16.2. The zero-order valence-electron chi connectivity index (χ0n) is 11.9. The molecule has 0 radical (unpaired) electrons. The fourth-order valence-electron chi connectivity index (χ4n) is 2.45. The van der Waals surface area contributed by atoms with Gasteiger partial charge in [-0.3, -0.25) is 9.48 Å². The molecule has 0 aromatic carbocycles. The summed E-state index contributed by atoms with van der Waals surface area (Å²) >= 11 is 0. The molecule has 2 aromatic heterocycles. The number of amides is 1. The first-order valence-corrected chi connectivity index (χ1v) is 7.25. The van der Waals surface area contributed by atoms with Crippen LogP contribution in [0.3, 0.4) is 0 Å². The van der Waals surface area contributed by atoms with Crippen molar-refractivity contribution in [2.24, 2.45) is 0 Å². The largest absolute Gasteiger partial charge is 0.357 e. The number of hydrogen-bond donors (Lipinski definition) is 1. The van der Waals surface area contributed by atoms with E-state index < -0.39 is 0 Å². The highest BCUT2D eigenvalue weighted by molar-refractivity contribution is 5.75. The van der Waals surface area contributed by atoms with Crippen molar-refractivity contribution in [2.45, 2.75) is 25.9 Å². The second-order valence-electron chi connectivity index (χ2n) is 5.20. The minimum atomic E-state index is -0.0534. The first kappa shape index (κ1) is 13.6. The van der Waals surface area contributed by atoms with E-state index in [2.05, 4.69) is 20.3 Å². The maximum Gasteiger partial charge on any atom is 0.241 e.